The van der Waals surface area contributed by atoms with E-state index in [1.807, 2.05) is 0 Å². The van der Waals surface area contributed by atoms with E-state index in [0.29, 0.717) is 17.9 Å². The van der Waals surface area contributed by atoms with E-state index in [4.69, 9.17) is 4.74 Å². The molecule has 2 rings (SSSR count). The van der Waals surface area contributed by atoms with Crippen LogP contribution in [-0.2, 0) is 4.74 Å². The molecule has 0 aromatic heterocycles. The van der Waals surface area contributed by atoms with Crippen molar-refractivity contribution in [3.05, 3.63) is 12.2 Å². The molecule has 2 atom stereocenters. The van der Waals surface area contributed by atoms with Crippen LogP contribution in [0.15, 0.2) is 12.2 Å². The molecule has 18 heavy (non-hydrogen) atoms. The average molecular weight is 250 g/mol. The van der Waals surface area contributed by atoms with Crippen LogP contribution >= 0.6 is 0 Å². The summed E-state index contributed by atoms with van der Waals surface area (Å²) in [5.41, 5.74) is 0. The van der Waals surface area contributed by atoms with E-state index in [1.165, 1.54) is 51.4 Å². The molecular formula is C17H30O. The monoisotopic (exact) mass is 250 g/mol. The van der Waals surface area contributed by atoms with E-state index in [0.717, 1.165) is 12.5 Å². The fraction of sp³-hybridized carbons (Fsp3) is 0.882. The van der Waals surface area contributed by atoms with Gasteiger partial charge >= 0.3 is 0 Å². The molecule has 1 nitrogen and oxygen atoms in total. The molecule has 0 bridgehead atoms. The maximum atomic E-state index is 6.33. The summed E-state index contributed by atoms with van der Waals surface area (Å²) in [7, 11) is 0. The van der Waals surface area contributed by atoms with Gasteiger partial charge in [-0.25, -0.2) is 0 Å². The van der Waals surface area contributed by atoms with E-state index in [9.17, 15) is 0 Å². The predicted molar refractivity (Wildman–Crippen MR) is 77.6 cm³/mol. The second-order valence-electron chi connectivity index (χ2n) is 6.61. The average Bonchev–Trinajstić information content (AvgIpc) is 2.41. The highest BCUT2D eigenvalue weighted by molar-refractivity contribution is 4.98. The van der Waals surface area contributed by atoms with Gasteiger partial charge in [0.25, 0.3) is 0 Å². The Hall–Kier alpha value is -0.300. The van der Waals surface area contributed by atoms with Gasteiger partial charge in [0, 0.05) is 12.5 Å². The molecular weight excluding hydrogens is 220 g/mol. The molecule has 1 heteroatoms. The lowest BCUT2D eigenvalue weighted by Crippen LogP contribution is -2.34. The zero-order valence-electron chi connectivity index (χ0n) is 12.2. The van der Waals surface area contributed by atoms with Gasteiger partial charge in [-0.15, -0.1) is 0 Å². The molecule has 2 unspecified atom stereocenters. The molecule has 0 heterocycles. The van der Waals surface area contributed by atoms with Crippen LogP contribution in [0.5, 0.6) is 0 Å². The SMILES string of the molecule is CC(C)COC(C1C=CCCC1)C1CCCCC1. The third-order valence-electron chi connectivity index (χ3n) is 4.45. The Morgan fingerprint density at radius 1 is 1.06 bits per heavy atom. The quantitative estimate of drug-likeness (QED) is 0.626. The minimum Gasteiger partial charge on any atom is -0.377 e. The van der Waals surface area contributed by atoms with Gasteiger partial charge in [-0.05, 0) is 43.9 Å². The van der Waals surface area contributed by atoms with E-state index in [-0.39, 0.29) is 0 Å². The molecule has 2 aliphatic carbocycles. The molecule has 0 saturated heterocycles. The zero-order valence-corrected chi connectivity index (χ0v) is 12.2. The fourth-order valence-electron chi connectivity index (χ4n) is 3.49. The van der Waals surface area contributed by atoms with Crippen LogP contribution in [0.25, 0.3) is 0 Å². The van der Waals surface area contributed by atoms with Crippen molar-refractivity contribution in [1.82, 2.24) is 0 Å². The third-order valence-corrected chi connectivity index (χ3v) is 4.45. The summed E-state index contributed by atoms with van der Waals surface area (Å²) in [6.07, 6.45) is 16.4. The standard InChI is InChI=1S/C17H30O/c1-14(2)13-18-17(15-9-5-3-6-10-15)16-11-7-4-8-12-16/h5,9,14-17H,3-4,6-8,10-13H2,1-2H3. The number of rotatable bonds is 5. The van der Waals surface area contributed by atoms with Crippen molar-refractivity contribution in [2.45, 2.75) is 71.3 Å². The van der Waals surface area contributed by atoms with E-state index >= 15 is 0 Å². The van der Waals surface area contributed by atoms with Gasteiger partial charge in [-0.3, -0.25) is 0 Å². The number of hydrogen-bond donors (Lipinski definition) is 0. The zero-order chi connectivity index (χ0) is 12.8. The Kier molecular flexibility index (Phi) is 5.75. The topological polar surface area (TPSA) is 9.23 Å². The maximum absolute atomic E-state index is 6.33. The Labute approximate surface area is 113 Å². The van der Waals surface area contributed by atoms with Crippen molar-refractivity contribution in [2.24, 2.45) is 17.8 Å². The highest BCUT2D eigenvalue weighted by Crippen LogP contribution is 2.35. The summed E-state index contributed by atoms with van der Waals surface area (Å²) in [6, 6.07) is 0. The third kappa shape index (κ3) is 4.12. The van der Waals surface area contributed by atoms with Gasteiger partial charge in [0.1, 0.15) is 0 Å². The Balaban J connectivity index is 1.96. The first-order valence-corrected chi connectivity index (χ1v) is 8.05. The second kappa shape index (κ2) is 7.33. The molecule has 0 spiro atoms. The molecule has 104 valence electrons. The minimum atomic E-state index is 0.504. The van der Waals surface area contributed by atoms with Gasteiger partial charge in [0.05, 0.1) is 6.10 Å². The first-order chi connectivity index (χ1) is 8.77. The molecule has 1 saturated carbocycles. The van der Waals surface area contributed by atoms with Crippen molar-refractivity contribution >= 4 is 0 Å². The predicted octanol–water partition coefficient (Wildman–Crippen LogP) is 4.96. The van der Waals surface area contributed by atoms with Crippen LogP contribution in [0, 0.1) is 17.8 Å². The molecule has 0 N–H and O–H groups in total. The van der Waals surface area contributed by atoms with Crippen LogP contribution in [0.1, 0.15) is 65.2 Å². The number of hydrogen-bond acceptors (Lipinski definition) is 1. The first kappa shape index (κ1) is 14.1. The smallest absolute Gasteiger partial charge is 0.0665 e. The van der Waals surface area contributed by atoms with Crippen LogP contribution in [0.4, 0.5) is 0 Å². The van der Waals surface area contributed by atoms with Crippen molar-refractivity contribution < 1.29 is 4.74 Å². The maximum Gasteiger partial charge on any atom is 0.0665 e. The Bertz CT molecular complexity index is 250. The Morgan fingerprint density at radius 2 is 1.83 bits per heavy atom. The van der Waals surface area contributed by atoms with Crippen LogP contribution in [0.3, 0.4) is 0 Å². The fourth-order valence-corrected chi connectivity index (χ4v) is 3.49. The van der Waals surface area contributed by atoms with E-state index in [1.54, 1.807) is 0 Å². The largest absolute Gasteiger partial charge is 0.377 e. The minimum absolute atomic E-state index is 0.504. The summed E-state index contributed by atoms with van der Waals surface area (Å²) in [5.74, 6) is 2.18. The van der Waals surface area contributed by atoms with E-state index < -0.39 is 0 Å². The van der Waals surface area contributed by atoms with Gasteiger partial charge < -0.3 is 4.74 Å². The van der Waals surface area contributed by atoms with Crippen LogP contribution in [0.2, 0.25) is 0 Å². The summed E-state index contributed by atoms with van der Waals surface area (Å²) < 4.78 is 6.33. The van der Waals surface area contributed by atoms with Gasteiger partial charge in [0.15, 0.2) is 0 Å². The van der Waals surface area contributed by atoms with Crippen molar-refractivity contribution in [3.63, 3.8) is 0 Å². The van der Waals surface area contributed by atoms with Gasteiger partial charge in [-0.2, -0.15) is 0 Å². The van der Waals surface area contributed by atoms with Crippen molar-refractivity contribution in [1.29, 1.82) is 0 Å². The second-order valence-corrected chi connectivity index (χ2v) is 6.61. The molecule has 0 aromatic rings. The molecule has 1 fully saturated rings. The highest BCUT2D eigenvalue weighted by Gasteiger charge is 2.30. The summed E-state index contributed by atoms with van der Waals surface area (Å²) in [4.78, 5) is 0. The molecule has 0 aliphatic heterocycles. The highest BCUT2D eigenvalue weighted by atomic mass is 16.5. The Morgan fingerprint density at radius 3 is 2.44 bits per heavy atom. The molecule has 0 radical (unpaired) electrons. The van der Waals surface area contributed by atoms with Crippen LogP contribution in [-0.4, -0.2) is 12.7 Å². The molecule has 2 aliphatic rings. The molecule has 0 amide bonds. The first-order valence-electron chi connectivity index (χ1n) is 8.05. The summed E-state index contributed by atoms with van der Waals surface area (Å²) in [6.45, 7) is 5.45. The number of allylic oxidation sites excluding steroid dienone is 1. The van der Waals surface area contributed by atoms with Gasteiger partial charge in [-0.1, -0.05) is 45.3 Å². The lowest BCUT2D eigenvalue weighted by molar-refractivity contribution is -0.0390. The number of ether oxygens (including phenoxy) is 1. The van der Waals surface area contributed by atoms with Crippen molar-refractivity contribution in [3.8, 4) is 0 Å². The normalized spacial score (nSPS) is 27.6. The summed E-state index contributed by atoms with van der Waals surface area (Å²) >= 11 is 0. The lowest BCUT2D eigenvalue weighted by atomic mass is 9.77. The van der Waals surface area contributed by atoms with Crippen molar-refractivity contribution in [2.75, 3.05) is 6.61 Å². The van der Waals surface area contributed by atoms with Crippen LogP contribution < -0.4 is 0 Å². The van der Waals surface area contributed by atoms with Gasteiger partial charge in [0.2, 0.25) is 0 Å². The summed E-state index contributed by atoms with van der Waals surface area (Å²) in [5, 5.41) is 0. The molecule has 0 aromatic carbocycles. The van der Waals surface area contributed by atoms with E-state index in [2.05, 4.69) is 26.0 Å². The lowest BCUT2D eigenvalue weighted by Gasteiger charge is -2.36.